The summed E-state index contributed by atoms with van der Waals surface area (Å²) in [6.45, 7) is 2.32. The monoisotopic (exact) mass is 450 g/mol. The first kappa shape index (κ1) is 23.9. The van der Waals surface area contributed by atoms with Gasteiger partial charge in [-0.15, -0.1) is 11.6 Å². The molecule has 2 aliphatic carbocycles. The van der Waals surface area contributed by atoms with Gasteiger partial charge in [0.25, 0.3) is 0 Å². The molecule has 0 radical (unpaired) electrons. The maximum atomic E-state index is 6.03. The maximum absolute atomic E-state index is 6.03. The molecule has 0 atom stereocenters. The summed E-state index contributed by atoms with van der Waals surface area (Å²) in [6, 6.07) is 18.9. The molecule has 0 saturated heterocycles. The number of hydrogen-bond acceptors (Lipinski definition) is 0. The van der Waals surface area contributed by atoms with E-state index < -0.39 is 0 Å². The second-order valence-electron chi connectivity index (χ2n) is 10.8. The van der Waals surface area contributed by atoms with Crippen molar-refractivity contribution in [2.75, 3.05) is 5.88 Å². The van der Waals surface area contributed by atoms with Gasteiger partial charge in [-0.1, -0.05) is 87.6 Å². The Morgan fingerprint density at radius 1 is 0.656 bits per heavy atom. The van der Waals surface area contributed by atoms with E-state index in [4.69, 9.17) is 11.6 Å². The van der Waals surface area contributed by atoms with Gasteiger partial charge < -0.3 is 0 Å². The van der Waals surface area contributed by atoms with Crippen LogP contribution in [0.5, 0.6) is 0 Å². The third kappa shape index (κ3) is 6.63. The lowest BCUT2D eigenvalue weighted by Gasteiger charge is -2.29. The summed E-state index contributed by atoms with van der Waals surface area (Å²) in [6.07, 6.45) is 17.8. The van der Waals surface area contributed by atoms with E-state index in [1.54, 1.807) is 5.56 Å². The lowest BCUT2D eigenvalue weighted by molar-refractivity contribution is 0.280. The van der Waals surface area contributed by atoms with Crippen molar-refractivity contribution >= 4 is 11.6 Å². The SMILES string of the molecule is CCCC[C@H]1CC[C@H](c2ccc(-c3ccc(CC[C@H]4CC[C@H](CCl)CC4)cc3)cc2)CC1. The highest BCUT2D eigenvalue weighted by Crippen LogP contribution is 2.38. The minimum Gasteiger partial charge on any atom is -0.126 e. The van der Waals surface area contributed by atoms with Crippen LogP contribution in [0.3, 0.4) is 0 Å². The van der Waals surface area contributed by atoms with Crippen LogP contribution < -0.4 is 0 Å². The molecule has 0 unspecified atom stereocenters. The number of alkyl halides is 1. The van der Waals surface area contributed by atoms with Crippen LogP contribution in [0.25, 0.3) is 11.1 Å². The number of rotatable bonds is 9. The van der Waals surface area contributed by atoms with Gasteiger partial charge in [-0.2, -0.15) is 0 Å². The molecule has 2 aliphatic rings. The van der Waals surface area contributed by atoms with E-state index in [2.05, 4.69) is 55.5 Å². The normalized spacial score (nSPS) is 26.2. The fourth-order valence-electron chi connectivity index (χ4n) is 6.13. The molecule has 2 saturated carbocycles. The topological polar surface area (TPSA) is 0 Å². The van der Waals surface area contributed by atoms with Gasteiger partial charge in [0, 0.05) is 5.88 Å². The summed E-state index contributed by atoms with van der Waals surface area (Å²) in [7, 11) is 0. The Labute approximate surface area is 202 Å². The minimum absolute atomic E-state index is 0.777. The molecule has 0 aromatic heterocycles. The van der Waals surface area contributed by atoms with E-state index in [9.17, 15) is 0 Å². The van der Waals surface area contributed by atoms with Gasteiger partial charge in [0.05, 0.1) is 0 Å². The zero-order valence-electron chi connectivity index (χ0n) is 20.2. The molecule has 0 bridgehead atoms. The maximum Gasteiger partial charge on any atom is 0.0251 e. The molecule has 0 spiro atoms. The van der Waals surface area contributed by atoms with Crippen LogP contribution in [-0.4, -0.2) is 5.88 Å². The van der Waals surface area contributed by atoms with Crippen LogP contribution in [0.1, 0.15) is 101 Å². The molecular weight excluding hydrogens is 408 g/mol. The number of aryl methyl sites for hydroxylation is 1. The summed E-state index contributed by atoms with van der Waals surface area (Å²) in [5.74, 6) is 4.31. The number of benzene rings is 2. The Balaban J connectivity index is 1.25. The summed E-state index contributed by atoms with van der Waals surface area (Å²) < 4.78 is 0. The number of hydrogen-bond donors (Lipinski definition) is 0. The molecule has 4 rings (SSSR count). The molecule has 0 heterocycles. The molecule has 1 heteroatoms. The number of halogens is 1. The molecule has 0 nitrogen and oxygen atoms in total. The average molecular weight is 451 g/mol. The van der Waals surface area contributed by atoms with Crippen molar-refractivity contribution in [1.82, 2.24) is 0 Å². The van der Waals surface area contributed by atoms with Crippen molar-refractivity contribution in [2.24, 2.45) is 17.8 Å². The molecule has 32 heavy (non-hydrogen) atoms. The van der Waals surface area contributed by atoms with E-state index in [0.29, 0.717) is 0 Å². The highest BCUT2D eigenvalue weighted by molar-refractivity contribution is 6.18. The Kier molecular flexibility index (Phi) is 9.15. The summed E-state index contributed by atoms with van der Waals surface area (Å²) >= 11 is 6.03. The largest absolute Gasteiger partial charge is 0.126 e. The van der Waals surface area contributed by atoms with Gasteiger partial charge in [0.15, 0.2) is 0 Å². The van der Waals surface area contributed by atoms with Gasteiger partial charge in [0.2, 0.25) is 0 Å². The second-order valence-corrected chi connectivity index (χ2v) is 11.1. The Hall–Kier alpha value is -1.27. The summed E-state index contributed by atoms with van der Waals surface area (Å²) in [4.78, 5) is 0. The number of unbranched alkanes of at least 4 members (excludes halogenated alkanes) is 1. The van der Waals surface area contributed by atoms with Crippen LogP contribution in [0.2, 0.25) is 0 Å². The van der Waals surface area contributed by atoms with Crippen molar-refractivity contribution in [2.45, 2.75) is 96.3 Å². The van der Waals surface area contributed by atoms with E-state index >= 15 is 0 Å². The van der Waals surface area contributed by atoms with E-state index in [1.165, 1.54) is 100 Å². The lowest BCUT2D eigenvalue weighted by atomic mass is 9.77. The molecular formula is C31H43Cl. The summed E-state index contributed by atoms with van der Waals surface area (Å²) in [5, 5.41) is 0. The van der Waals surface area contributed by atoms with Gasteiger partial charge in [-0.05, 0) is 97.3 Å². The quantitative estimate of drug-likeness (QED) is 0.333. The van der Waals surface area contributed by atoms with Crippen LogP contribution in [-0.2, 0) is 6.42 Å². The van der Waals surface area contributed by atoms with E-state index in [1.807, 2.05) is 0 Å². The smallest absolute Gasteiger partial charge is 0.0251 e. The molecule has 0 N–H and O–H groups in total. The first-order chi connectivity index (χ1) is 15.7. The first-order valence-electron chi connectivity index (χ1n) is 13.5. The van der Waals surface area contributed by atoms with Crippen molar-refractivity contribution in [3.8, 4) is 11.1 Å². The first-order valence-corrected chi connectivity index (χ1v) is 14.0. The van der Waals surface area contributed by atoms with Crippen LogP contribution in [0, 0.1) is 17.8 Å². The molecule has 0 amide bonds. The van der Waals surface area contributed by atoms with Crippen molar-refractivity contribution in [3.05, 3.63) is 59.7 Å². The highest BCUT2D eigenvalue weighted by atomic mass is 35.5. The molecule has 2 aromatic rings. The van der Waals surface area contributed by atoms with E-state index in [0.717, 1.165) is 29.6 Å². The third-order valence-electron chi connectivity index (χ3n) is 8.51. The zero-order chi connectivity index (χ0) is 22.2. The third-order valence-corrected chi connectivity index (χ3v) is 8.94. The Bertz CT molecular complexity index is 774. The standard InChI is InChI=1S/C31H43Cl/c1-2-3-4-24-11-15-28(16-12-24)30-19-21-31(22-20-30)29-17-13-26(14-18-29)6-5-25-7-9-27(23-32)10-8-25/h13-14,17-22,24-25,27-28H,2-12,15-16,23H2,1H3/t24-,25-,27-,28-. The molecule has 174 valence electrons. The van der Waals surface area contributed by atoms with Gasteiger partial charge in [0.1, 0.15) is 0 Å². The van der Waals surface area contributed by atoms with Gasteiger partial charge >= 0.3 is 0 Å². The van der Waals surface area contributed by atoms with E-state index in [-0.39, 0.29) is 0 Å². The Morgan fingerprint density at radius 2 is 1.19 bits per heavy atom. The lowest BCUT2D eigenvalue weighted by Crippen LogP contribution is -2.16. The highest BCUT2D eigenvalue weighted by Gasteiger charge is 2.22. The van der Waals surface area contributed by atoms with Crippen LogP contribution in [0.4, 0.5) is 0 Å². The zero-order valence-corrected chi connectivity index (χ0v) is 21.0. The van der Waals surface area contributed by atoms with Crippen LogP contribution >= 0.6 is 11.6 Å². The Morgan fingerprint density at radius 3 is 1.78 bits per heavy atom. The minimum atomic E-state index is 0.777. The average Bonchev–Trinajstić information content (AvgIpc) is 2.87. The fourth-order valence-corrected chi connectivity index (χ4v) is 6.44. The van der Waals surface area contributed by atoms with Gasteiger partial charge in [-0.25, -0.2) is 0 Å². The molecule has 2 aromatic carbocycles. The fraction of sp³-hybridized carbons (Fsp3) is 0.613. The van der Waals surface area contributed by atoms with Crippen molar-refractivity contribution in [1.29, 1.82) is 0 Å². The summed E-state index contributed by atoms with van der Waals surface area (Å²) in [5.41, 5.74) is 5.76. The van der Waals surface area contributed by atoms with Crippen molar-refractivity contribution in [3.63, 3.8) is 0 Å². The predicted octanol–water partition coefficient (Wildman–Crippen LogP) is 9.80. The van der Waals surface area contributed by atoms with Crippen LogP contribution in [0.15, 0.2) is 48.5 Å². The van der Waals surface area contributed by atoms with Gasteiger partial charge in [-0.3, -0.25) is 0 Å². The molecule has 2 fully saturated rings. The predicted molar refractivity (Wildman–Crippen MR) is 141 cm³/mol. The van der Waals surface area contributed by atoms with Crippen molar-refractivity contribution < 1.29 is 0 Å². The second kappa shape index (κ2) is 12.3. The molecule has 0 aliphatic heterocycles.